The molecule has 0 saturated heterocycles. The lowest BCUT2D eigenvalue weighted by molar-refractivity contribution is -0.0754. The van der Waals surface area contributed by atoms with Crippen LogP contribution in [0.5, 0.6) is 0 Å². The molecule has 0 unspecified atom stereocenters. The molecular formula is C15H27N3O. The number of ether oxygens (including phenoxy) is 1. The number of rotatable bonds is 6. The molecule has 108 valence electrons. The predicted molar refractivity (Wildman–Crippen MR) is 76.9 cm³/mol. The Labute approximate surface area is 116 Å². The van der Waals surface area contributed by atoms with Gasteiger partial charge in [-0.2, -0.15) is 5.10 Å². The first-order valence-electron chi connectivity index (χ1n) is 7.62. The average molecular weight is 265 g/mol. The molecular weight excluding hydrogens is 238 g/mol. The Hall–Kier alpha value is -0.870. The van der Waals surface area contributed by atoms with Crippen molar-refractivity contribution in [2.75, 3.05) is 6.54 Å². The third kappa shape index (κ3) is 3.37. The fraction of sp³-hybridized carbons (Fsp3) is 0.800. The van der Waals surface area contributed by atoms with E-state index in [0.29, 0.717) is 13.2 Å². The first kappa shape index (κ1) is 14.5. The van der Waals surface area contributed by atoms with Crippen LogP contribution in [0.15, 0.2) is 6.07 Å². The number of hydrogen-bond acceptors (Lipinski definition) is 3. The second-order valence-electron chi connectivity index (χ2n) is 5.53. The van der Waals surface area contributed by atoms with Crippen molar-refractivity contribution in [2.24, 2.45) is 5.73 Å². The number of nitrogens with zero attached hydrogens (tertiary/aromatic N) is 2. The zero-order valence-electron chi connectivity index (χ0n) is 12.3. The second kappa shape index (κ2) is 6.53. The zero-order valence-corrected chi connectivity index (χ0v) is 12.3. The highest BCUT2D eigenvalue weighted by atomic mass is 16.5. The largest absolute Gasteiger partial charge is 0.367 e. The van der Waals surface area contributed by atoms with E-state index in [1.807, 2.05) is 4.68 Å². The summed E-state index contributed by atoms with van der Waals surface area (Å²) in [5.41, 5.74) is 8.19. The lowest BCUT2D eigenvalue weighted by Gasteiger charge is -2.36. The molecule has 0 atom stereocenters. The predicted octanol–water partition coefficient (Wildman–Crippen LogP) is 2.64. The molecule has 1 aliphatic rings. The monoisotopic (exact) mass is 265 g/mol. The molecule has 4 nitrogen and oxygen atoms in total. The molecule has 1 heterocycles. The van der Waals surface area contributed by atoms with E-state index < -0.39 is 0 Å². The van der Waals surface area contributed by atoms with Crippen molar-refractivity contribution in [2.45, 2.75) is 71.1 Å². The highest BCUT2D eigenvalue weighted by Gasteiger charge is 2.31. The van der Waals surface area contributed by atoms with Gasteiger partial charge in [0, 0.05) is 13.1 Å². The van der Waals surface area contributed by atoms with Gasteiger partial charge in [0.15, 0.2) is 0 Å². The number of nitrogens with two attached hydrogens (primary N) is 1. The molecule has 0 amide bonds. The van der Waals surface area contributed by atoms with Gasteiger partial charge in [-0.1, -0.05) is 26.2 Å². The SMILES string of the molecule is CCc1cc(COC2(CN)CCCCC2)n(CC)n1. The molecule has 1 saturated carbocycles. The van der Waals surface area contributed by atoms with Crippen molar-refractivity contribution in [3.63, 3.8) is 0 Å². The Balaban J connectivity index is 2.02. The lowest BCUT2D eigenvalue weighted by atomic mass is 9.85. The van der Waals surface area contributed by atoms with E-state index >= 15 is 0 Å². The van der Waals surface area contributed by atoms with E-state index in [4.69, 9.17) is 10.5 Å². The summed E-state index contributed by atoms with van der Waals surface area (Å²) in [6.07, 6.45) is 6.98. The standard InChI is InChI=1S/C15H27N3O/c1-3-13-10-14(18(4-2)17-13)11-19-15(12-16)8-6-5-7-9-15/h10H,3-9,11-12,16H2,1-2H3. The molecule has 2 rings (SSSR count). The molecule has 0 aliphatic heterocycles. The van der Waals surface area contributed by atoms with Crippen molar-refractivity contribution >= 4 is 0 Å². The summed E-state index contributed by atoms with van der Waals surface area (Å²) in [5.74, 6) is 0. The van der Waals surface area contributed by atoms with Crippen LogP contribution in [0.2, 0.25) is 0 Å². The Morgan fingerprint density at radius 3 is 2.63 bits per heavy atom. The third-order valence-corrected chi connectivity index (χ3v) is 4.24. The van der Waals surface area contributed by atoms with Crippen LogP contribution in [0.4, 0.5) is 0 Å². The van der Waals surface area contributed by atoms with Crippen molar-refractivity contribution in [1.29, 1.82) is 0 Å². The van der Waals surface area contributed by atoms with Crippen LogP contribution in [0.1, 0.15) is 57.3 Å². The van der Waals surface area contributed by atoms with Gasteiger partial charge < -0.3 is 10.5 Å². The van der Waals surface area contributed by atoms with E-state index in [9.17, 15) is 0 Å². The smallest absolute Gasteiger partial charge is 0.0893 e. The molecule has 1 aromatic rings. The van der Waals surface area contributed by atoms with Gasteiger partial charge in [0.25, 0.3) is 0 Å². The number of aromatic nitrogens is 2. The van der Waals surface area contributed by atoms with E-state index in [2.05, 4.69) is 25.0 Å². The normalized spacial score (nSPS) is 18.7. The fourth-order valence-electron chi connectivity index (χ4n) is 2.91. The summed E-state index contributed by atoms with van der Waals surface area (Å²) in [4.78, 5) is 0. The van der Waals surface area contributed by atoms with E-state index in [1.54, 1.807) is 0 Å². The summed E-state index contributed by atoms with van der Waals surface area (Å²) in [6.45, 7) is 6.42. The quantitative estimate of drug-likeness (QED) is 0.860. The van der Waals surface area contributed by atoms with Crippen LogP contribution in [0, 0.1) is 0 Å². The Morgan fingerprint density at radius 2 is 2.05 bits per heavy atom. The van der Waals surface area contributed by atoms with Crippen molar-refractivity contribution in [3.8, 4) is 0 Å². The fourth-order valence-corrected chi connectivity index (χ4v) is 2.91. The summed E-state index contributed by atoms with van der Waals surface area (Å²) in [5, 5.41) is 4.56. The van der Waals surface area contributed by atoms with Gasteiger partial charge in [0.1, 0.15) is 0 Å². The minimum absolute atomic E-state index is 0.0898. The van der Waals surface area contributed by atoms with E-state index in [1.165, 1.54) is 25.0 Å². The van der Waals surface area contributed by atoms with Gasteiger partial charge in [-0.3, -0.25) is 4.68 Å². The van der Waals surface area contributed by atoms with E-state index in [-0.39, 0.29) is 5.60 Å². The Morgan fingerprint density at radius 1 is 1.32 bits per heavy atom. The maximum absolute atomic E-state index is 6.22. The topological polar surface area (TPSA) is 53.1 Å². The molecule has 0 bridgehead atoms. The molecule has 1 aliphatic carbocycles. The molecule has 0 spiro atoms. The van der Waals surface area contributed by atoms with Gasteiger partial charge in [-0.15, -0.1) is 0 Å². The van der Waals surface area contributed by atoms with Crippen LogP contribution in [0.25, 0.3) is 0 Å². The van der Waals surface area contributed by atoms with Gasteiger partial charge in [-0.05, 0) is 32.3 Å². The van der Waals surface area contributed by atoms with E-state index in [0.717, 1.165) is 31.5 Å². The first-order chi connectivity index (χ1) is 9.23. The molecule has 0 radical (unpaired) electrons. The highest BCUT2D eigenvalue weighted by molar-refractivity contribution is 5.09. The zero-order chi connectivity index (χ0) is 13.7. The molecule has 1 aromatic heterocycles. The van der Waals surface area contributed by atoms with Crippen LogP contribution in [-0.4, -0.2) is 21.9 Å². The molecule has 19 heavy (non-hydrogen) atoms. The lowest BCUT2D eigenvalue weighted by Crippen LogP contribution is -2.42. The average Bonchev–Trinajstić information content (AvgIpc) is 2.88. The molecule has 1 fully saturated rings. The van der Waals surface area contributed by atoms with Gasteiger partial charge in [0.2, 0.25) is 0 Å². The van der Waals surface area contributed by atoms with Gasteiger partial charge in [-0.25, -0.2) is 0 Å². The Kier molecular flexibility index (Phi) is 4.99. The highest BCUT2D eigenvalue weighted by Crippen LogP contribution is 2.31. The summed E-state index contributed by atoms with van der Waals surface area (Å²) >= 11 is 0. The van der Waals surface area contributed by atoms with Crippen molar-refractivity contribution < 1.29 is 4.74 Å². The number of hydrogen-bond donors (Lipinski definition) is 1. The van der Waals surface area contributed by atoms with Crippen molar-refractivity contribution in [1.82, 2.24) is 9.78 Å². The van der Waals surface area contributed by atoms with Crippen LogP contribution >= 0.6 is 0 Å². The maximum atomic E-state index is 6.22. The minimum atomic E-state index is -0.0898. The first-order valence-corrected chi connectivity index (χ1v) is 7.62. The van der Waals surface area contributed by atoms with Gasteiger partial charge >= 0.3 is 0 Å². The molecule has 2 N–H and O–H groups in total. The molecule has 0 aromatic carbocycles. The Bertz CT molecular complexity index is 394. The van der Waals surface area contributed by atoms with Crippen LogP contribution in [-0.2, 0) is 24.3 Å². The minimum Gasteiger partial charge on any atom is -0.367 e. The maximum Gasteiger partial charge on any atom is 0.0893 e. The summed E-state index contributed by atoms with van der Waals surface area (Å²) < 4.78 is 8.27. The van der Waals surface area contributed by atoms with Gasteiger partial charge in [0.05, 0.1) is 23.6 Å². The third-order valence-electron chi connectivity index (χ3n) is 4.24. The number of aryl methyl sites for hydroxylation is 2. The van der Waals surface area contributed by atoms with Crippen molar-refractivity contribution in [3.05, 3.63) is 17.5 Å². The second-order valence-corrected chi connectivity index (χ2v) is 5.53. The summed E-state index contributed by atoms with van der Waals surface area (Å²) in [7, 11) is 0. The summed E-state index contributed by atoms with van der Waals surface area (Å²) in [6, 6.07) is 2.16. The molecule has 4 heteroatoms. The van der Waals surface area contributed by atoms with Crippen LogP contribution in [0.3, 0.4) is 0 Å². The van der Waals surface area contributed by atoms with Crippen LogP contribution < -0.4 is 5.73 Å².